The van der Waals surface area contributed by atoms with E-state index in [1.807, 2.05) is 13.8 Å². The maximum atomic E-state index is 12.3. The van der Waals surface area contributed by atoms with E-state index in [0.717, 1.165) is 6.42 Å². The molecule has 8 nitrogen and oxygen atoms in total. The molecule has 0 amide bonds. The van der Waals surface area contributed by atoms with Gasteiger partial charge in [0.05, 0.1) is 0 Å². The molecule has 0 atom stereocenters. The molecule has 0 aliphatic carbocycles. The van der Waals surface area contributed by atoms with Crippen molar-refractivity contribution < 1.29 is 36.7 Å². The molecule has 0 aliphatic heterocycles. The van der Waals surface area contributed by atoms with Gasteiger partial charge in [0.1, 0.15) is 38.6 Å². The number of hydrogen-bond acceptors (Lipinski definition) is 7. The van der Waals surface area contributed by atoms with Crippen LogP contribution in [0.2, 0.25) is 0 Å². The number of hydroxylamine groups is 3. The molecule has 0 spiro atoms. The van der Waals surface area contributed by atoms with Gasteiger partial charge in [-0.15, -0.1) is 0 Å². The molecule has 0 N–H and O–H groups in total. The summed E-state index contributed by atoms with van der Waals surface area (Å²) in [6.45, 7) is 5.98. The van der Waals surface area contributed by atoms with Crippen molar-refractivity contribution >= 4 is 15.2 Å². The Labute approximate surface area is 140 Å². The minimum absolute atomic E-state index is 0.196. The molecule has 0 radical (unpaired) electrons. The van der Waals surface area contributed by atoms with Crippen LogP contribution in [0.4, 0.5) is 0 Å². The van der Waals surface area contributed by atoms with Gasteiger partial charge in [0.15, 0.2) is 0 Å². The predicted molar refractivity (Wildman–Crippen MR) is 89.8 cm³/mol. The van der Waals surface area contributed by atoms with Crippen LogP contribution in [-0.2, 0) is 32.1 Å². The van der Waals surface area contributed by atoms with Crippen molar-refractivity contribution in [1.82, 2.24) is 0 Å². The SMILES string of the molecule is CCCO[N+](CC)(CCP(=O)(OC)OC)CCP(=O)(OC)OC. The van der Waals surface area contributed by atoms with Crippen LogP contribution in [-0.4, -0.2) is 71.7 Å². The molecule has 0 saturated carbocycles. The van der Waals surface area contributed by atoms with Gasteiger partial charge in [0.25, 0.3) is 0 Å². The van der Waals surface area contributed by atoms with Crippen molar-refractivity contribution in [2.24, 2.45) is 0 Å². The van der Waals surface area contributed by atoms with E-state index < -0.39 is 15.2 Å². The highest BCUT2D eigenvalue weighted by molar-refractivity contribution is 7.54. The van der Waals surface area contributed by atoms with Crippen LogP contribution in [0.1, 0.15) is 20.3 Å². The lowest BCUT2D eigenvalue weighted by atomic mass is 10.4. The molecule has 0 aromatic carbocycles. The van der Waals surface area contributed by atoms with Crippen LogP contribution < -0.4 is 0 Å². The third-order valence-electron chi connectivity index (χ3n) is 3.82. The van der Waals surface area contributed by atoms with Gasteiger partial charge in [-0.2, -0.15) is 4.65 Å². The van der Waals surface area contributed by atoms with Crippen molar-refractivity contribution in [3.8, 4) is 0 Å². The van der Waals surface area contributed by atoms with Gasteiger partial charge in [-0.25, -0.2) is 4.84 Å². The lowest BCUT2D eigenvalue weighted by Crippen LogP contribution is -2.51. The van der Waals surface area contributed by atoms with Crippen LogP contribution in [0.5, 0.6) is 0 Å². The Morgan fingerprint density at radius 2 is 1.17 bits per heavy atom. The van der Waals surface area contributed by atoms with Crippen LogP contribution >= 0.6 is 15.2 Å². The fraction of sp³-hybridized carbons (Fsp3) is 1.00. The topological polar surface area (TPSA) is 80.3 Å². The van der Waals surface area contributed by atoms with E-state index in [0.29, 0.717) is 26.2 Å². The predicted octanol–water partition coefficient (Wildman–Crippen LogP) is 3.14. The second kappa shape index (κ2) is 11.0. The Morgan fingerprint density at radius 3 is 1.43 bits per heavy atom. The van der Waals surface area contributed by atoms with Crippen LogP contribution in [0.15, 0.2) is 0 Å². The molecule has 0 fully saturated rings. The molecule has 10 heteroatoms. The Morgan fingerprint density at radius 1 is 0.783 bits per heavy atom. The number of nitrogens with zero attached hydrogens (tertiary/aromatic N) is 1. The van der Waals surface area contributed by atoms with Crippen molar-refractivity contribution in [3.63, 3.8) is 0 Å². The van der Waals surface area contributed by atoms with Gasteiger partial charge < -0.3 is 18.1 Å². The second-order valence-electron chi connectivity index (χ2n) is 5.05. The zero-order valence-corrected chi connectivity index (χ0v) is 16.9. The molecular weight excluding hydrogens is 344 g/mol. The molecule has 23 heavy (non-hydrogen) atoms. The first-order valence-electron chi connectivity index (χ1n) is 7.70. The van der Waals surface area contributed by atoms with E-state index in [9.17, 15) is 9.13 Å². The van der Waals surface area contributed by atoms with Gasteiger partial charge in [-0.3, -0.25) is 9.13 Å². The fourth-order valence-corrected chi connectivity index (χ4v) is 4.30. The summed E-state index contributed by atoms with van der Waals surface area (Å²) in [5.74, 6) is 0. The summed E-state index contributed by atoms with van der Waals surface area (Å²) >= 11 is 0. The molecule has 0 heterocycles. The first kappa shape index (κ1) is 23.2. The standard InChI is InChI=1S/C13H32NO7P2/c1-7-11-21-14(8-2,9-12-22(15,17-3)18-4)10-13-23(16,19-5)20-6/h7-13H2,1-6H3/q+1. The zero-order chi connectivity index (χ0) is 18.0. The zero-order valence-electron chi connectivity index (χ0n) is 15.1. The van der Waals surface area contributed by atoms with E-state index >= 15 is 0 Å². The summed E-state index contributed by atoms with van der Waals surface area (Å²) < 4.78 is 44.7. The van der Waals surface area contributed by atoms with Gasteiger partial charge in [-0.05, 0) is 13.3 Å². The molecule has 0 rings (SSSR count). The van der Waals surface area contributed by atoms with Crippen LogP contribution in [0.25, 0.3) is 0 Å². The Hall–Kier alpha value is 0.220. The lowest BCUT2D eigenvalue weighted by Gasteiger charge is -2.35. The van der Waals surface area contributed by atoms with E-state index in [1.165, 1.54) is 28.4 Å². The van der Waals surface area contributed by atoms with Crippen LogP contribution in [0, 0.1) is 0 Å². The van der Waals surface area contributed by atoms with E-state index in [2.05, 4.69) is 0 Å². The average Bonchev–Trinajstić information content (AvgIpc) is 2.61. The van der Waals surface area contributed by atoms with Crippen LogP contribution in [0.3, 0.4) is 0 Å². The lowest BCUT2D eigenvalue weighted by molar-refractivity contribution is -1.10. The third kappa shape index (κ3) is 7.76. The summed E-state index contributed by atoms with van der Waals surface area (Å²) in [6, 6.07) is 0. The molecule has 0 unspecified atom stereocenters. The summed E-state index contributed by atoms with van der Waals surface area (Å²) in [4.78, 5) is 5.97. The number of hydrogen-bond donors (Lipinski definition) is 0. The van der Waals surface area contributed by atoms with Gasteiger partial charge in [0, 0.05) is 28.4 Å². The molecule has 0 aromatic rings. The molecule has 0 aliphatic rings. The maximum Gasteiger partial charge on any atom is 0.335 e. The number of quaternary nitrogens is 1. The molecule has 140 valence electrons. The van der Waals surface area contributed by atoms with Gasteiger partial charge in [0.2, 0.25) is 0 Å². The maximum absolute atomic E-state index is 12.3. The first-order chi connectivity index (χ1) is 10.8. The highest BCUT2D eigenvalue weighted by atomic mass is 31.2. The van der Waals surface area contributed by atoms with E-state index in [4.69, 9.17) is 22.9 Å². The van der Waals surface area contributed by atoms with Gasteiger partial charge >= 0.3 is 15.2 Å². The summed E-state index contributed by atoms with van der Waals surface area (Å²) in [5, 5.41) is 0. The summed E-state index contributed by atoms with van der Waals surface area (Å²) in [6.07, 6.45) is 1.27. The van der Waals surface area contributed by atoms with Crippen molar-refractivity contribution in [1.29, 1.82) is 0 Å². The van der Waals surface area contributed by atoms with Crippen molar-refractivity contribution in [3.05, 3.63) is 0 Å². The number of rotatable bonds is 14. The van der Waals surface area contributed by atoms with Crippen molar-refractivity contribution in [2.75, 3.05) is 67.0 Å². The monoisotopic (exact) mass is 376 g/mol. The van der Waals surface area contributed by atoms with E-state index in [-0.39, 0.29) is 17.0 Å². The molecular formula is C13H32NO7P2+. The van der Waals surface area contributed by atoms with Crippen molar-refractivity contribution in [2.45, 2.75) is 20.3 Å². The normalized spacial score (nSPS) is 13.5. The minimum Gasteiger partial charge on any atom is -0.312 e. The third-order valence-corrected chi connectivity index (χ3v) is 7.54. The Kier molecular flexibility index (Phi) is 11.1. The average molecular weight is 376 g/mol. The second-order valence-corrected chi connectivity index (χ2v) is 9.85. The minimum atomic E-state index is -3.13. The molecule has 0 bridgehead atoms. The van der Waals surface area contributed by atoms with Gasteiger partial charge in [-0.1, -0.05) is 6.92 Å². The van der Waals surface area contributed by atoms with E-state index in [1.54, 1.807) is 0 Å². The summed E-state index contributed by atoms with van der Waals surface area (Å²) in [7, 11) is -0.805. The Bertz CT molecular complexity index is 373. The highest BCUT2D eigenvalue weighted by Gasteiger charge is 2.36. The Balaban J connectivity index is 5.08. The molecule has 0 saturated heterocycles. The highest BCUT2D eigenvalue weighted by Crippen LogP contribution is 2.48. The molecule has 0 aromatic heterocycles. The fourth-order valence-electron chi connectivity index (χ4n) is 2.06. The first-order valence-corrected chi connectivity index (χ1v) is 11.2. The quantitative estimate of drug-likeness (QED) is 0.262. The smallest absolute Gasteiger partial charge is 0.312 e. The summed E-state index contributed by atoms with van der Waals surface area (Å²) in [5.41, 5.74) is 0. The largest absolute Gasteiger partial charge is 0.335 e.